The smallest absolute Gasteiger partial charge is 0.331 e. The molecule has 4 aromatic carbocycles. The van der Waals surface area contributed by atoms with E-state index < -0.39 is 16.7 Å². The number of oxime groups is 2. The van der Waals surface area contributed by atoms with Gasteiger partial charge < -0.3 is 19.0 Å². The lowest BCUT2D eigenvalue weighted by Crippen LogP contribution is -2.12. The van der Waals surface area contributed by atoms with Crippen LogP contribution in [0.15, 0.2) is 83.1 Å². The third-order valence-electron chi connectivity index (χ3n) is 8.05. The van der Waals surface area contributed by atoms with Gasteiger partial charge in [0.05, 0.1) is 34.3 Å². The fraction of sp³-hybridized carbons (Fsp3) is 0.200. The molecule has 44 heavy (non-hydrogen) atoms. The van der Waals surface area contributed by atoms with Gasteiger partial charge in [-0.05, 0) is 103 Å². The second-order valence-electron chi connectivity index (χ2n) is 11.0. The van der Waals surface area contributed by atoms with Crippen molar-refractivity contribution in [2.75, 3.05) is 7.11 Å². The second kappa shape index (κ2) is 11.0. The maximum Gasteiger partial charge on any atom is 0.331 e. The molecule has 1 atom stereocenters. The summed E-state index contributed by atoms with van der Waals surface area (Å²) in [5, 5.41) is 10.0. The quantitative estimate of drug-likeness (QED) is 0.0935. The highest BCUT2D eigenvalue weighted by Crippen LogP contribution is 2.53. The molecule has 1 aliphatic carbocycles. The SMILES string of the molecule is COc1ccc2c(c1)C(C)(S)c1cc3c(cc1-2)c1cc(/C(C)=N/OC(C)=O)ccc1n3-c1ccc(/C(C)=N\OC(C)=O)cc1. The van der Waals surface area contributed by atoms with Crippen LogP contribution >= 0.6 is 12.6 Å². The van der Waals surface area contributed by atoms with Crippen LogP contribution in [0.3, 0.4) is 0 Å². The third-order valence-corrected chi connectivity index (χ3v) is 8.54. The summed E-state index contributed by atoms with van der Waals surface area (Å²) in [4.78, 5) is 32.4. The molecule has 1 aliphatic rings. The van der Waals surface area contributed by atoms with Crippen LogP contribution in [-0.4, -0.2) is 35.0 Å². The lowest BCUT2D eigenvalue weighted by molar-refractivity contribution is -0.141. The van der Waals surface area contributed by atoms with Gasteiger partial charge in [0.1, 0.15) is 5.75 Å². The van der Waals surface area contributed by atoms with E-state index in [1.54, 1.807) is 14.0 Å². The Hall–Kier alpha value is -4.89. The average Bonchev–Trinajstić information content (AvgIpc) is 3.45. The molecule has 1 aromatic heterocycles. The Morgan fingerprint density at radius 1 is 0.705 bits per heavy atom. The number of benzene rings is 4. The van der Waals surface area contributed by atoms with E-state index >= 15 is 0 Å². The van der Waals surface area contributed by atoms with Gasteiger partial charge in [0, 0.05) is 30.3 Å². The molecule has 8 nitrogen and oxygen atoms in total. The van der Waals surface area contributed by atoms with Gasteiger partial charge in [0.2, 0.25) is 0 Å². The fourth-order valence-corrected chi connectivity index (χ4v) is 6.22. The first kappa shape index (κ1) is 29.2. The molecule has 222 valence electrons. The van der Waals surface area contributed by atoms with Crippen LogP contribution < -0.4 is 4.74 Å². The summed E-state index contributed by atoms with van der Waals surface area (Å²) in [5.74, 6) is -0.154. The van der Waals surface area contributed by atoms with Gasteiger partial charge in [-0.2, -0.15) is 12.6 Å². The molecule has 0 bridgehead atoms. The molecule has 9 heteroatoms. The van der Waals surface area contributed by atoms with Crippen molar-refractivity contribution in [2.45, 2.75) is 39.4 Å². The molecule has 0 aliphatic heterocycles. The van der Waals surface area contributed by atoms with Gasteiger partial charge >= 0.3 is 11.9 Å². The topological polar surface area (TPSA) is 91.5 Å². The minimum absolute atomic E-state index is 0.469. The second-order valence-corrected chi connectivity index (χ2v) is 11.9. The zero-order valence-corrected chi connectivity index (χ0v) is 26.2. The standard InChI is InChI=1S/C35H31N3O5S/c1-19(36-42-21(3)39)23-7-10-25(11-8-23)38-33-14-9-24(20(2)37-43-22(4)40)15-29(33)30-17-28-27-13-12-26(41-6)16-31(27)35(5,44)32(28)18-34(30)38/h7-18,44H,1-6H3/b36-19-,37-20+. The van der Waals surface area contributed by atoms with E-state index in [0.717, 1.165) is 66.6 Å². The van der Waals surface area contributed by atoms with Crippen LogP contribution in [-0.2, 0) is 24.0 Å². The van der Waals surface area contributed by atoms with Crippen molar-refractivity contribution in [3.8, 4) is 22.6 Å². The summed E-state index contributed by atoms with van der Waals surface area (Å²) in [5.41, 5.74) is 10.3. The monoisotopic (exact) mass is 605 g/mol. The van der Waals surface area contributed by atoms with Crippen molar-refractivity contribution < 1.29 is 24.0 Å². The molecular formula is C35H31N3O5S. The first-order chi connectivity index (χ1) is 21.0. The molecule has 0 saturated carbocycles. The number of aromatic nitrogens is 1. The number of hydrogen-bond donors (Lipinski definition) is 1. The van der Waals surface area contributed by atoms with Gasteiger partial charge in [-0.3, -0.25) is 0 Å². The van der Waals surface area contributed by atoms with E-state index in [1.807, 2.05) is 43.3 Å². The Kier molecular flexibility index (Phi) is 7.29. The minimum atomic E-state index is -0.540. The maximum atomic E-state index is 11.4. The predicted octanol–water partition coefficient (Wildman–Crippen LogP) is 7.54. The molecule has 0 N–H and O–H groups in total. The lowest BCUT2D eigenvalue weighted by Gasteiger charge is -2.21. The third kappa shape index (κ3) is 4.93. The van der Waals surface area contributed by atoms with Gasteiger partial charge in [-0.25, -0.2) is 9.59 Å². The summed E-state index contributed by atoms with van der Waals surface area (Å²) in [6, 6.07) is 24.7. The molecule has 6 rings (SSSR count). The van der Waals surface area contributed by atoms with E-state index in [1.165, 1.54) is 13.8 Å². The molecule has 0 radical (unpaired) electrons. The van der Waals surface area contributed by atoms with Crippen LogP contribution in [0.5, 0.6) is 5.75 Å². The summed E-state index contributed by atoms with van der Waals surface area (Å²) in [6.07, 6.45) is 0. The zero-order valence-electron chi connectivity index (χ0n) is 25.3. The van der Waals surface area contributed by atoms with E-state index in [9.17, 15) is 9.59 Å². The number of carbonyl (C=O) groups is 2. The van der Waals surface area contributed by atoms with Crippen LogP contribution in [0.2, 0.25) is 0 Å². The van der Waals surface area contributed by atoms with Crippen molar-refractivity contribution in [3.63, 3.8) is 0 Å². The minimum Gasteiger partial charge on any atom is -0.497 e. The first-order valence-electron chi connectivity index (χ1n) is 14.1. The number of fused-ring (bicyclic) bond motifs is 6. The summed E-state index contributed by atoms with van der Waals surface area (Å²) in [6.45, 7) is 8.37. The highest BCUT2D eigenvalue weighted by atomic mass is 32.1. The Morgan fingerprint density at radius 3 is 1.93 bits per heavy atom. The Bertz CT molecular complexity index is 2060. The molecule has 1 unspecified atom stereocenters. The Morgan fingerprint density at radius 2 is 1.30 bits per heavy atom. The van der Waals surface area contributed by atoms with E-state index in [2.05, 4.69) is 58.2 Å². The Balaban J connectivity index is 1.59. The number of methoxy groups -OCH3 is 1. The lowest BCUT2D eigenvalue weighted by atomic mass is 9.96. The number of rotatable bonds is 6. The van der Waals surface area contributed by atoms with Crippen LogP contribution in [0, 0.1) is 0 Å². The maximum absolute atomic E-state index is 11.4. The van der Waals surface area contributed by atoms with Gasteiger partial charge in [-0.1, -0.05) is 34.6 Å². The van der Waals surface area contributed by atoms with Crippen molar-refractivity contribution in [1.82, 2.24) is 4.57 Å². The van der Waals surface area contributed by atoms with E-state index in [0.29, 0.717) is 11.4 Å². The average molecular weight is 606 g/mol. The largest absolute Gasteiger partial charge is 0.497 e. The molecule has 1 heterocycles. The van der Waals surface area contributed by atoms with Gasteiger partial charge in [0.15, 0.2) is 0 Å². The highest BCUT2D eigenvalue weighted by molar-refractivity contribution is 7.81. The number of hydrogen-bond acceptors (Lipinski definition) is 8. The van der Waals surface area contributed by atoms with E-state index in [4.69, 9.17) is 27.0 Å². The normalized spacial score (nSPS) is 16.2. The molecule has 0 saturated heterocycles. The molecular weight excluding hydrogens is 574 g/mol. The van der Waals surface area contributed by atoms with Gasteiger partial charge in [0.25, 0.3) is 0 Å². The van der Waals surface area contributed by atoms with Crippen molar-refractivity contribution in [3.05, 3.63) is 95.1 Å². The van der Waals surface area contributed by atoms with Crippen LogP contribution in [0.4, 0.5) is 0 Å². The van der Waals surface area contributed by atoms with Crippen molar-refractivity contribution in [2.24, 2.45) is 10.3 Å². The molecule has 0 amide bonds. The summed E-state index contributed by atoms with van der Waals surface area (Å²) >= 11 is 5.19. The first-order valence-corrected chi connectivity index (χ1v) is 14.5. The number of thiol groups is 1. The zero-order chi connectivity index (χ0) is 31.3. The summed E-state index contributed by atoms with van der Waals surface area (Å²) < 4.78 is 7.22. The number of ether oxygens (including phenoxy) is 1. The highest BCUT2D eigenvalue weighted by Gasteiger charge is 2.37. The number of carbonyl (C=O) groups excluding carboxylic acids is 2. The van der Waals surface area contributed by atoms with Gasteiger partial charge in [-0.15, -0.1) is 0 Å². The van der Waals surface area contributed by atoms with Crippen LogP contribution in [0.1, 0.15) is 56.9 Å². The molecule has 0 fully saturated rings. The predicted molar refractivity (Wildman–Crippen MR) is 176 cm³/mol. The van der Waals surface area contributed by atoms with E-state index in [-0.39, 0.29) is 0 Å². The van der Waals surface area contributed by atoms with Crippen molar-refractivity contribution in [1.29, 1.82) is 0 Å². The molecule has 5 aromatic rings. The fourth-order valence-electron chi connectivity index (χ4n) is 5.85. The Labute approximate surface area is 260 Å². The molecule has 0 spiro atoms. The summed E-state index contributed by atoms with van der Waals surface area (Å²) in [7, 11) is 1.67. The number of nitrogens with zero attached hydrogens (tertiary/aromatic N) is 3. The van der Waals surface area contributed by atoms with Crippen LogP contribution in [0.25, 0.3) is 38.6 Å². The van der Waals surface area contributed by atoms with Crippen molar-refractivity contribution >= 4 is 57.8 Å².